The molecule has 0 aromatic heterocycles. The Kier molecular flexibility index (Phi) is 12.6. The van der Waals surface area contributed by atoms with E-state index in [-0.39, 0.29) is 31.6 Å². The van der Waals surface area contributed by atoms with Crippen molar-refractivity contribution in [3.8, 4) is 0 Å². The molecule has 0 aliphatic carbocycles. The van der Waals surface area contributed by atoms with E-state index in [4.69, 9.17) is 9.47 Å². The molecule has 2 N–H and O–H groups in total. The van der Waals surface area contributed by atoms with Gasteiger partial charge in [-0.25, -0.2) is 9.59 Å². The van der Waals surface area contributed by atoms with Gasteiger partial charge < -0.3 is 20.1 Å². The molecule has 0 radical (unpaired) electrons. The molecule has 2 aromatic carbocycles. The topological polar surface area (TPSA) is 117 Å². The summed E-state index contributed by atoms with van der Waals surface area (Å²) in [5, 5.41) is 5.45. The van der Waals surface area contributed by atoms with Gasteiger partial charge in [-0.15, -0.1) is 0 Å². The van der Waals surface area contributed by atoms with Gasteiger partial charge >= 0.3 is 12.2 Å². The largest absolute Gasteiger partial charge is 0.448 e. The standard InChI is InChI=1S/C31H42N4O6/c1-4-6-16-32-30(38)40-20-18-34(19-21-41-31(39)33-17-7-5-2)22-27(24-14-12-23(3)13-15-24)35-28(36)25-10-8-9-11-26(25)29(35)37/h8-15,27H,4-7,16-22H2,1-3H3,(H,32,38)(H,33,39). The third-order valence-corrected chi connectivity index (χ3v) is 6.91. The number of rotatable bonds is 16. The van der Waals surface area contributed by atoms with Crippen LogP contribution in [0.25, 0.3) is 0 Å². The monoisotopic (exact) mass is 566 g/mol. The summed E-state index contributed by atoms with van der Waals surface area (Å²) in [6, 6.07) is 13.9. The Morgan fingerprint density at radius 1 is 0.805 bits per heavy atom. The van der Waals surface area contributed by atoms with Crippen molar-refractivity contribution in [2.75, 3.05) is 45.9 Å². The molecule has 1 heterocycles. The van der Waals surface area contributed by atoms with Crippen LogP contribution < -0.4 is 10.6 Å². The number of imide groups is 1. The number of carbonyl (C=O) groups excluding carboxylic acids is 4. The molecule has 10 heteroatoms. The van der Waals surface area contributed by atoms with Crippen LogP contribution in [0.2, 0.25) is 0 Å². The minimum absolute atomic E-state index is 0.0867. The van der Waals surface area contributed by atoms with Crippen molar-refractivity contribution in [3.05, 3.63) is 70.8 Å². The second-order valence-corrected chi connectivity index (χ2v) is 10.1. The van der Waals surface area contributed by atoms with Crippen LogP contribution in [0.15, 0.2) is 48.5 Å². The number of carbonyl (C=O) groups is 4. The Labute approximate surface area is 242 Å². The molecule has 1 atom stereocenters. The van der Waals surface area contributed by atoms with Gasteiger partial charge in [-0.1, -0.05) is 68.7 Å². The van der Waals surface area contributed by atoms with E-state index < -0.39 is 18.2 Å². The van der Waals surface area contributed by atoms with Crippen molar-refractivity contribution in [1.29, 1.82) is 0 Å². The summed E-state index contributed by atoms with van der Waals surface area (Å²) >= 11 is 0. The first-order valence-corrected chi connectivity index (χ1v) is 14.4. The maximum absolute atomic E-state index is 13.5. The summed E-state index contributed by atoms with van der Waals surface area (Å²) in [7, 11) is 0. The Bertz CT molecular complexity index is 1110. The number of amides is 4. The van der Waals surface area contributed by atoms with Crippen molar-refractivity contribution >= 4 is 24.0 Å². The highest BCUT2D eigenvalue weighted by molar-refractivity contribution is 6.21. The molecule has 222 valence electrons. The molecule has 1 aliphatic heterocycles. The number of unbranched alkanes of at least 4 members (excludes halogenated alkanes) is 2. The number of hydrogen-bond donors (Lipinski definition) is 2. The van der Waals surface area contributed by atoms with E-state index in [0.717, 1.165) is 36.8 Å². The number of alkyl carbamates (subject to hydrolysis) is 2. The fourth-order valence-corrected chi connectivity index (χ4v) is 4.53. The lowest BCUT2D eigenvalue weighted by molar-refractivity contribution is 0.0512. The van der Waals surface area contributed by atoms with Crippen molar-refractivity contribution < 1.29 is 28.7 Å². The molecule has 1 unspecified atom stereocenters. The summed E-state index contributed by atoms with van der Waals surface area (Å²) in [5.74, 6) is -0.705. The second kappa shape index (κ2) is 16.4. The molecule has 0 spiro atoms. The molecule has 0 saturated heterocycles. The van der Waals surface area contributed by atoms with Gasteiger partial charge in [0, 0.05) is 32.7 Å². The second-order valence-electron chi connectivity index (χ2n) is 10.1. The van der Waals surface area contributed by atoms with Crippen LogP contribution in [0, 0.1) is 6.92 Å². The number of aryl methyl sites for hydroxylation is 1. The molecule has 1 aliphatic rings. The number of ether oxygens (including phenoxy) is 2. The highest BCUT2D eigenvalue weighted by Gasteiger charge is 2.41. The molecule has 0 bridgehead atoms. The fraction of sp³-hybridized carbons (Fsp3) is 0.484. The van der Waals surface area contributed by atoms with Crippen LogP contribution in [0.3, 0.4) is 0 Å². The van der Waals surface area contributed by atoms with Gasteiger partial charge in [0.2, 0.25) is 0 Å². The summed E-state index contributed by atoms with van der Waals surface area (Å²) in [4.78, 5) is 54.4. The van der Waals surface area contributed by atoms with Crippen molar-refractivity contribution in [2.45, 2.75) is 52.5 Å². The Morgan fingerprint density at radius 3 is 1.76 bits per heavy atom. The molecule has 10 nitrogen and oxygen atoms in total. The number of fused-ring (bicyclic) bond motifs is 1. The van der Waals surface area contributed by atoms with Gasteiger partial charge in [0.05, 0.1) is 17.2 Å². The highest BCUT2D eigenvalue weighted by Crippen LogP contribution is 2.32. The van der Waals surface area contributed by atoms with E-state index in [2.05, 4.69) is 10.6 Å². The maximum atomic E-state index is 13.5. The normalized spacial score (nSPS) is 13.2. The number of benzene rings is 2. The first-order valence-electron chi connectivity index (χ1n) is 14.4. The molecular formula is C31H42N4O6. The summed E-state index contributed by atoms with van der Waals surface area (Å²) in [6.07, 6.45) is 2.63. The van der Waals surface area contributed by atoms with Crippen LogP contribution in [-0.4, -0.2) is 79.7 Å². The van der Waals surface area contributed by atoms with Gasteiger partial charge in [0.15, 0.2) is 0 Å². The van der Waals surface area contributed by atoms with Gasteiger partial charge in [0.25, 0.3) is 11.8 Å². The van der Waals surface area contributed by atoms with E-state index in [1.54, 1.807) is 24.3 Å². The van der Waals surface area contributed by atoms with E-state index in [0.29, 0.717) is 37.3 Å². The van der Waals surface area contributed by atoms with Crippen LogP contribution in [0.4, 0.5) is 9.59 Å². The Hall–Kier alpha value is -3.92. The number of hydrogen-bond acceptors (Lipinski definition) is 7. The molecule has 41 heavy (non-hydrogen) atoms. The van der Waals surface area contributed by atoms with Crippen LogP contribution in [-0.2, 0) is 9.47 Å². The third kappa shape index (κ3) is 9.31. The van der Waals surface area contributed by atoms with Gasteiger partial charge in [-0.2, -0.15) is 0 Å². The zero-order valence-electron chi connectivity index (χ0n) is 24.3. The lowest BCUT2D eigenvalue weighted by atomic mass is 10.0. The van der Waals surface area contributed by atoms with Gasteiger partial charge in [0.1, 0.15) is 13.2 Å². The highest BCUT2D eigenvalue weighted by atomic mass is 16.6. The summed E-state index contributed by atoms with van der Waals surface area (Å²) < 4.78 is 10.7. The molecular weight excluding hydrogens is 524 g/mol. The van der Waals surface area contributed by atoms with Gasteiger partial charge in [-0.05, 0) is 37.5 Å². The average Bonchev–Trinajstić information content (AvgIpc) is 3.21. The lowest BCUT2D eigenvalue weighted by Gasteiger charge is -2.32. The minimum atomic E-state index is -0.611. The summed E-state index contributed by atoms with van der Waals surface area (Å²) in [6.45, 7) is 8.18. The summed E-state index contributed by atoms with van der Waals surface area (Å²) in [5.41, 5.74) is 2.60. The number of nitrogens with one attached hydrogen (secondary N) is 2. The molecule has 0 fully saturated rings. The molecule has 0 saturated carbocycles. The quantitative estimate of drug-likeness (QED) is 0.224. The first-order chi connectivity index (χ1) is 19.8. The van der Waals surface area contributed by atoms with Crippen molar-refractivity contribution in [3.63, 3.8) is 0 Å². The SMILES string of the molecule is CCCCNC(=O)OCCN(CCOC(=O)NCCCC)CC(c1ccc(C)cc1)N1C(=O)c2ccccc2C1=O. The van der Waals surface area contributed by atoms with E-state index in [9.17, 15) is 19.2 Å². The predicted octanol–water partition coefficient (Wildman–Crippen LogP) is 4.69. The maximum Gasteiger partial charge on any atom is 0.407 e. The molecule has 2 aromatic rings. The molecule has 3 rings (SSSR count). The number of nitrogens with zero attached hydrogens (tertiary/aromatic N) is 2. The Balaban J connectivity index is 1.76. The predicted molar refractivity (Wildman–Crippen MR) is 156 cm³/mol. The first kappa shape index (κ1) is 31.6. The van der Waals surface area contributed by atoms with E-state index in [1.165, 1.54) is 4.90 Å². The van der Waals surface area contributed by atoms with Crippen LogP contribution in [0.5, 0.6) is 0 Å². The fourth-order valence-electron chi connectivity index (χ4n) is 4.53. The van der Waals surface area contributed by atoms with Crippen LogP contribution in [0.1, 0.15) is 77.4 Å². The van der Waals surface area contributed by atoms with Crippen LogP contribution >= 0.6 is 0 Å². The zero-order chi connectivity index (χ0) is 29.6. The van der Waals surface area contributed by atoms with Gasteiger partial charge in [-0.3, -0.25) is 19.4 Å². The average molecular weight is 567 g/mol. The third-order valence-electron chi connectivity index (χ3n) is 6.91. The van der Waals surface area contributed by atoms with Crippen molar-refractivity contribution in [1.82, 2.24) is 20.4 Å². The minimum Gasteiger partial charge on any atom is -0.448 e. The van der Waals surface area contributed by atoms with E-state index in [1.807, 2.05) is 49.9 Å². The van der Waals surface area contributed by atoms with E-state index >= 15 is 0 Å². The van der Waals surface area contributed by atoms with Crippen molar-refractivity contribution in [2.24, 2.45) is 0 Å². The Morgan fingerprint density at radius 2 is 1.29 bits per heavy atom. The lowest BCUT2D eigenvalue weighted by Crippen LogP contribution is -2.43. The zero-order valence-corrected chi connectivity index (χ0v) is 24.3. The smallest absolute Gasteiger partial charge is 0.407 e. The molecule has 4 amide bonds.